The summed E-state index contributed by atoms with van der Waals surface area (Å²) in [6.07, 6.45) is 6.09. The van der Waals surface area contributed by atoms with Crippen molar-refractivity contribution < 1.29 is 9.18 Å². The van der Waals surface area contributed by atoms with E-state index in [1.807, 2.05) is 0 Å². The summed E-state index contributed by atoms with van der Waals surface area (Å²) in [7, 11) is 0. The van der Waals surface area contributed by atoms with E-state index in [0.29, 0.717) is 12.2 Å². The highest BCUT2D eigenvalue weighted by Crippen LogP contribution is 2.22. The van der Waals surface area contributed by atoms with Crippen LogP contribution in [0.1, 0.15) is 16.3 Å². The largest absolute Gasteiger partial charge is 0.317 e. The molecule has 116 valence electrons. The number of nitrogens with one attached hydrogen (secondary N) is 1. The average Bonchev–Trinajstić information content (AvgIpc) is 3.01. The van der Waals surface area contributed by atoms with Gasteiger partial charge in [0.25, 0.3) is 5.91 Å². The second-order valence-electron chi connectivity index (χ2n) is 4.52. The maximum atomic E-state index is 13.8. The zero-order valence-electron chi connectivity index (χ0n) is 11.6. The number of hydrogen-bond donors (Lipinski definition) is 1. The Labute approximate surface area is 135 Å². The second-order valence-corrected chi connectivity index (χ2v) is 4.93. The van der Waals surface area contributed by atoms with Gasteiger partial charge in [0.15, 0.2) is 5.82 Å². The Bertz CT molecular complexity index is 838. The molecule has 1 aromatic carbocycles. The molecular weight excluding hydrogens is 323 g/mol. The van der Waals surface area contributed by atoms with Crippen LogP contribution in [-0.2, 0) is 6.54 Å². The number of benzene rings is 1. The number of carbonyl (C=O) groups is 1. The van der Waals surface area contributed by atoms with Gasteiger partial charge in [0.05, 0.1) is 29.1 Å². The molecule has 0 aliphatic heterocycles. The lowest BCUT2D eigenvalue weighted by Gasteiger charge is -2.04. The number of hydrogen-bond acceptors (Lipinski definition) is 5. The van der Waals surface area contributed by atoms with Crippen molar-refractivity contribution in [2.45, 2.75) is 6.54 Å². The first-order valence-electron chi connectivity index (χ1n) is 6.53. The smallest absolute Gasteiger partial charge is 0.295 e. The molecule has 0 spiro atoms. The molecule has 1 amide bonds. The van der Waals surface area contributed by atoms with E-state index in [1.54, 1.807) is 18.6 Å². The van der Waals surface area contributed by atoms with Gasteiger partial charge in [0.1, 0.15) is 6.33 Å². The first-order valence-corrected chi connectivity index (χ1v) is 6.91. The molecule has 0 saturated heterocycles. The molecular formula is C14H10ClFN6O. The molecule has 0 bridgehead atoms. The predicted octanol–water partition coefficient (Wildman–Crippen LogP) is 2.16. The molecule has 23 heavy (non-hydrogen) atoms. The number of rotatable bonds is 4. The monoisotopic (exact) mass is 332 g/mol. The van der Waals surface area contributed by atoms with Crippen molar-refractivity contribution in [3.05, 3.63) is 65.5 Å². The predicted molar refractivity (Wildman–Crippen MR) is 80.5 cm³/mol. The van der Waals surface area contributed by atoms with E-state index < -0.39 is 11.7 Å². The van der Waals surface area contributed by atoms with Crippen molar-refractivity contribution >= 4 is 23.2 Å². The minimum Gasteiger partial charge on any atom is -0.317 e. The molecule has 0 atom stereocenters. The number of aromatic nitrogens is 5. The van der Waals surface area contributed by atoms with E-state index >= 15 is 0 Å². The number of amides is 1. The van der Waals surface area contributed by atoms with Crippen molar-refractivity contribution in [2.24, 2.45) is 0 Å². The van der Waals surface area contributed by atoms with Gasteiger partial charge in [-0.1, -0.05) is 17.7 Å². The summed E-state index contributed by atoms with van der Waals surface area (Å²) in [4.78, 5) is 24.0. The number of anilines is 1. The molecule has 0 aliphatic carbocycles. The fraction of sp³-hybridized carbons (Fsp3) is 0.0714. The molecule has 2 heterocycles. The quantitative estimate of drug-likeness (QED) is 0.791. The fourth-order valence-electron chi connectivity index (χ4n) is 1.83. The summed E-state index contributed by atoms with van der Waals surface area (Å²) in [5, 5.41) is 6.32. The van der Waals surface area contributed by atoms with Crippen LogP contribution in [0, 0.1) is 5.82 Å². The van der Waals surface area contributed by atoms with E-state index in [9.17, 15) is 9.18 Å². The van der Waals surface area contributed by atoms with E-state index in [-0.39, 0.29) is 16.5 Å². The summed E-state index contributed by atoms with van der Waals surface area (Å²) in [6, 6.07) is 4.32. The minimum absolute atomic E-state index is 0.0345. The number of nitrogens with zero attached hydrogens (tertiary/aromatic N) is 5. The summed E-state index contributed by atoms with van der Waals surface area (Å²) >= 11 is 5.66. The lowest BCUT2D eigenvalue weighted by atomic mass is 10.3. The third-order valence-corrected chi connectivity index (χ3v) is 3.17. The SMILES string of the molecule is O=C(Nc1cccc(Cl)c1F)c1ncn(Cc2cnccn2)n1. The molecule has 7 nitrogen and oxygen atoms in total. The maximum Gasteiger partial charge on any atom is 0.295 e. The van der Waals surface area contributed by atoms with Crippen LogP contribution < -0.4 is 5.32 Å². The Morgan fingerprint density at radius 3 is 2.96 bits per heavy atom. The Kier molecular flexibility index (Phi) is 4.24. The van der Waals surface area contributed by atoms with E-state index in [0.717, 1.165) is 0 Å². The highest BCUT2D eigenvalue weighted by molar-refractivity contribution is 6.31. The zero-order chi connectivity index (χ0) is 16.2. The third-order valence-electron chi connectivity index (χ3n) is 2.88. The molecule has 0 radical (unpaired) electrons. The second kappa shape index (κ2) is 6.49. The normalized spacial score (nSPS) is 10.5. The topological polar surface area (TPSA) is 85.6 Å². The number of carbonyl (C=O) groups excluding carboxylic acids is 1. The van der Waals surface area contributed by atoms with Gasteiger partial charge in [-0.05, 0) is 12.1 Å². The molecule has 0 saturated carbocycles. The minimum atomic E-state index is -0.707. The van der Waals surface area contributed by atoms with Crippen molar-refractivity contribution in [1.29, 1.82) is 0 Å². The molecule has 3 rings (SSSR count). The van der Waals surface area contributed by atoms with Crippen LogP contribution in [0.5, 0.6) is 0 Å². The van der Waals surface area contributed by atoms with Crippen LogP contribution in [0.2, 0.25) is 5.02 Å². The molecule has 0 fully saturated rings. The van der Waals surface area contributed by atoms with Gasteiger partial charge in [0.2, 0.25) is 5.82 Å². The van der Waals surface area contributed by atoms with Crippen LogP contribution in [0.25, 0.3) is 0 Å². The molecule has 0 aliphatic rings. The van der Waals surface area contributed by atoms with Crippen molar-refractivity contribution in [1.82, 2.24) is 24.7 Å². The standard InChI is InChI=1S/C14H10ClFN6O/c15-10-2-1-3-11(12(10)16)20-14(23)13-19-8-22(21-13)7-9-6-17-4-5-18-9/h1-6,8H,7H2,(H,20,23). The Morgan fingerprint density at radius 2 is 2.17 bits per heavy atom. The van der Waals surface area contributed by atoms with E-state index in [1.165, 1.54) is 29.2 Å². The van der Waals surface area contributed by atoms with Crippen molar-refractivity contribution in [2.75, 3.05) is 5.32 Å². The molecule has 2 aromatic heterocycles. The van der Waals surface area contributed by atoms with E-state index in [2.05, 4.69) is 25.4 Å². The van der Waals surface area contributed by atoms with Gasteiger partial charge in [-0.3, -0.25) is 14.8 Å². The van der Waals surface area contributed by atoms with Crippen molar-refractivity contribution in [3.63, 3.8) is 0 Å². The lowest BCUT2D eigenvalue weighted by Crippen LogP contribution is -2.15. The molecule has 9 heteroatoms. The molecule has 1 N–H and O–H groups in total. The maximum absolute atomic E-state index is 13.8. The van der Waals surface area contributed by atoms with Gasteiger partial charge < -0.3 is 5.32 Å². The fourth-order valence-corrected chi connectivity index (χ4v) is 2.01. The highest BCUT2D eigenvalue weighted by Gasteiger charge is 2.15. The van der Waals surface area contributed by atoms with Crippen molar-refractivity contribution in [3.8, 4) is 0 Å². The van der Waals surface area contributed by atoms with Crippen LogP contribution in [-0.4, -0.2) is 30.6 Å². The lowest BCUT2D eigenvalue weighted by molar-refractivity contribution is 0.101. The average molecular weight is 333 g/mol. The Hall–Kier alpha value is -2.87. The van der Waals surface area contributed by atoms with E-state index in [4.69, 9.17) is 11.6 Å². The summed E-state index contributed by atoms with van der Waals surface area (Å²) < 4.78 is 15.2. The van der Waals surface area contributed by atoms with Crippen LogP contribution in [0.3, 0.4) is 0 Å². The third kappa shape index (κ3) is 3.49. The van der Waals surface area contributed by atoms with Gasteiger partial charge >= 0.3 is 0 Å². The zero-order valence-corrected chi connectivity index (χ0v) is 12.4. The Morgan fingerprint density at radius 1 is 1.30 bits per heavy atom. The van der Waals surface area contributed by atoms with Crippen LogP contribution in [0.4, 0.5) is 10.1 Å². The summed E-state index contributed by atoms with van der Waals surface area (Å²) in [5.74, 6) is -1.43. The van der Waals surface area contributed by atoms with Crippen LogP contribution in [0.15, 0.2) is 43.1 Å². The molecule has 0 unspecified atom stereocenters. The summed E-state index contributed by atoms with van der Waals surface area (Å²) in [6.45, 7) is 0.319. The number of halogens is 2. The first kappa shape index (κ1) is 15.0. The highest BCUT2D eigenvalue weighted by atomic mass is 35.5. The van der Waals surface area contributed by atoms with Gasteiger partial charge in [-0.25, -0.2) is 14.1 Å². The molecule has 3 aromatic rings. The first-order chi connectivity index (χ1) is 11.1. The van der Waals surface area contributed by atoms with Gasteiger partial charge in [0, 0.05) is 12.4 Å². The van der Waals surface area contributed by atoms with Gasteiger partial charge in [-0.15, -0.1) is 5.10 Å². The summed E-state index contributed by atoms with van der Waals surface area (Å²) in [5.41, 5.74) is 0.637. The van der Waals surface area contributed by atoms with Gasteiger partial charge in [-0.2, -0.15) is 0 Å². The van der Waals surface area contributed by atoms with Crippen LogP contribution >= 0.6 is 11.6 Å². The Balaban J connectivity index is 1.72.